The first-order valence-corrected chi connectivity index (χ1v) is 4.68. The fraction of sp³-hybridized carbons (Fsp3) is 1.00. The minimum absolute atomic E-state index is 0. The molecule has 0 aliphatic carbocycles. The van der Waals surface area contributed by atoms with Crippen molar-refractivity contribution < 1.29 is 11.6 Å². The van der Waals surface area contributed by atoms with E-state index in [0.29, 0.717) is 0 Å². The van der Waals surface area contributed by atoms with Crippen LogP contribution < -0.4 is 5.73 Å². The SMILES string of the molecule is CC.CC(C)(C)N.CC(C)(C)OO.[HH]. The van der Waals surface area contributed by atoms with Crippen LogP contribution in [0.2, 0.25) is 0 Å². The van der Waals surface area contributed by atoms with E-state index in [2.05, 4.69) is 4.89 Å². The van der Waals surface area contributed by atoms with E-state index in [1.807, 2.05) is 34.6 Å². The molecule has 13 heavy (non-hydrogen) atoms. The second-order valence-corrected chi connectivity index (χ2v) is 4.57. The Hall–Kier alpha value is -0.120. The van der Waals surface area contributed by atoms with E-state index < -0.39 is 5.60 Å². The molecule has 0 amide bonds. The van der Waals surface area contributed by atoms with Crippen molar-refractivity contribution in [2.45, 2.75) is 66.5 Å². The Morgan fingerprint density at radius 1 is 1.00 bits per heavy atom. The molecule has 0 saturated heterocycles. The van der Waals surface area contributed by atoms with Crippen LogP contribution in [0.3, 0.4) is 0 Å². The topological polar surface area (TPSA) is 55.5 Å². The molecule has 3 N–H and O–H groups in total. The van der Waals surface area contributed by atoms with Crippen LogP contribution in [-0.2, 0) is 4.89 Å². The summed E-state index contributed by atoms with van der Waals surface area (Å²) in [5.41, 5.74) is 4.95. The molecule has 0 aliphatic rings. The summed E-state index contributed by atoms with van der Waals surface area (Å²) in [4.78, 5) is 3.94. The Kier molecular flexibility index (Phi) is 12.1. The number of hydrogen-bond acceptors (Lipinski definition) is 3. The second-order valence-electron chi connectivity index (χ2n) is 4.57. The van der Waals surface area contributed by atoms with Crippen LogP contribution >= 0.6 is 0 Å². The van der Waals surface area contributed by atoms with E-state index in [4.69, 9.17) is 11.0 Å². The third-order valence-corrected chi connectivity index (χ3v) is 0.274. The van der Waals surface area contributed by atoms with Crippen molar-refractivity contribution in [2.75, 3.05) is 0 Å². The van der Waals surface area contributed by atoms with Crippen molar-refractivity contribution >= 4 is 0 Å². The van der Waals surface area contributed by atoms with Gasteiger partial charge in [0.1, 0.15) is 0 Å². The van der Waals surface area contributed by atoms with Gasteiger partial charge in [-0.15, -0.1) is 0 Å². The maximum Gasteiger partial charge on any atom is 0.0949 e. The first kappa shape index (κ1) is 18.6. The fourth-order valence-electron chi connectivity index (χ4n) is 0. The predicted octanol–water partition coefficient (Wildman–Crippen LogP) is 3.29. The lowest BCUT2D eigenvalue weighted by atomic mass is 10.1. The highest BCUT2D eigenvalue weighted by atomic mass is 17.1. The van der Waals surface area contributed by atoms with Gasteiger partial charge in [-0.3, -0.25) is 5.26 Å². The summed E-state index contributed by atoms with van der Waals surface area (Å²) >= 11 is 0. The molecule has 0 aromatic carbocycles. The van der Waals surface area contributed by atoms with Gasteiger partial charge in [0.25, 0.3) is 0 Å². The summed E-state index contributed by atoms with van der Waals surface area (Å²) in [7, 11) is 0. The minimum Gasteiger partial charge on any atom is -0.326 e. The third kappa shape index (κ3) is 140. The Balaban J connectivity index is -0.0000000576. The summed E-state index contributed by atoms with van der Waals surface area (Å²) in [6.45, 7) is 15.2. The van der Waals surface area contributed by atoms with Gasteiger partial charge >= 0.3 is 0 Å². The lowest BCUT2D eigenvalue weighted by Gasteiger charge is -2.10. The Morgan fingerprint density at radius 2 is 1.08 bits per heavy atom. The van der Waals surface area contributed by atoms with Gasteiger partial charge in [0, 0.05) is 6.97 Å². The van der Waals surface area contributed by atoms with E-state index in [0.717, 1.165) is 0 Å². The van der Waals surface area contributed by atoms with E-state index in [-0.39, 0.29) is 6.97 Å². The fourth-order valence-corrected chi connectivity index (χ4v) is 0. The minimum atomic E-state index is -0.403. The normalized spacial score (nSPS) is 10.6. The van der Waals surface area contributed by atoms with Gasteiger partial charge in [-0.2, -0.15) is 0 Å². The molecule has 0 spiro atoms. The molecular formula is C10H29NO2. The Bertz CT molecular complexity index is 89.3. The molecule has 0 aromatic heterocycles. The van der Waals surface area contributed by atoms with Crippen LogP contribution in [0, 0.1) is 0 Å². The first-order valence-electron chi connectivity index (χ1n) is 4.68. The van der Waals surface area contributed by atoms with Crippen molar-refractivity contribution in [1.29, 1.82) is 0 Å². The maximum atomic E-state index is 7.90. The molecule has 3 heteroatoms. The van der Waals surface area contributed by atoms with Crippen LogP contribution in [0.1, 0.15) is 56.8 Å². The summed E-state index contributed by atoms with van der Waals surface area (Å²) in [5, 5.41) is 7.90. The van der Waals surface area contributed by atoms with Gasteiger partial charge in [-0.25, -0.2) is 4.89 Å². The third-order valence-electron chi connectivity index (χ3n) is 0.274. The average Bonchev–Trinajstić information content (AvgIpc) is 1.87. The molecule has 0 rings (SSSR count). The molecule has 0 heterocycles. The lowest BCUT2D eigenvalue weighted by Crippen LogP contribution is -2.26. The predicted molar refractivity (Wildman–Crippen MR) is 60.9 cm³/mol. The van der Waals surface area contributed by atoms with Crippen LogP contribution in [0.4, 0.5) is 0 Å². The summed E-state index contributed by atoms with van der Waals surface area (Å²) < 4.78 is 0. The highest BCUT2D eigenvalue weighted by molar-refractivity contribution is 4.60. The van der Waals surface area contributed by atoms with Gasteiger partial charge in [-0.1, -0.05) is 13.8 Å². The molecule has 0 aromatic rings. The number of hydrogen-bond donors (Lipinski definition) is 2. The van der Waals surface area contributed by atoms with E-state index in [9.17, 15) is 0 Å². The molecule has 0 aliphatic heterocycles. The molecule has 3 nitrogen and oxygen atoms in total. The Morgan fingerprint density at radius 3 is 1.08 bits per heavy atom. The number of nitrogens with two attached hydrogens (primary N) is 1. The largest absolute Gasteiger partial charge is 0.326 e. The Labute approximate surface area is 84.7 Å². The first-order chi connectivity index (χ1) is 5.56. The van der Waals surface area contributed by atoms with Crippen LogP contribution in [0.5, 0.6) is 0 Å². The zero-order valence-corrected chi connectivity index (χ0v) is 10.4. The quantitative estimate of drug-likeness (QED) is 0.460. The van der Waals surface area contributed by atoms with Gasteiger partial charge < -0.3 is 5.73 Å². The van der Waals surface area contributed by atoms with Crippen molar-refractivity contribution in [2.24, 2.45) is 5.73 Å². The highest BCUT2D eigenvalue weighted by Gasteiger charge is 2.06. The zero-order chi connectivity index (χ0) is 11.7. The van der Waals surface area contributed by atoms with Gasteiger partial charge in [0.05, 0.1) is 5.60 Å². The van der Waals surface area contributed by atoms with Crippen molar-refractivity contribution in [3.05, 3.63) is 0 Å². The van der Waals surface area contributed by atoms with E-state index >= 15 is 0 Å². The molecule has 0 bridgehead atoms. The van der Waals surface area contributed by atoms with Crippen LogP contribution in [-0.4, -0.2) is 16.4 Å². The summed E-state index contributed by atoms with van der Waals surface area (Å²) in [6.07, 6.45) is 0. The molecular weight excluding hydrogens is 166 g/mol. The van der Waals surface area contributed by atoms with E-state index in [1.165, 1.54) is 0 Å². The summed E-state index contributed by atoms with van der Waals surface area (Å²) in [6, 6.07) is 0. The summed E-state index contributed by atoms with van der Waals surface area (Å²) in [5.74, 6) is 0. The maximum absolute atomic E-state index is 7.90. The molecule has 0 saturated carbocycles. The molecule has 86 valence electrons. The second kappa shape index (κ2) is 8.48. The number of rotatable bonds is 0. The molecule has 0 radical (unpaired) electrons. The van der Waals surface area contributed by atoms with Crippen molar-refractivity contribution in [1.82, 2.24) is 0 Å². The van der Waals surface area contributed by atoms with Crippen molar-refractivity contribution in [3.63, 3.8) is 0 Å². The van der Waals surface area contributed by atoms with Crippen LogP contribution in [0.15, 0.2) is 0 Å². The average molecular weight is 195 g/mol. The van der Waals surface area contributed by atoms with Gasteiger partial charge in [0.2, 0.25) is 0 Å². The molecule has 0 atom stereocenters. The standard InChI is InChI=1S/C4H11N.C4H10O2.C2H6.H2/c1-4(2,3)5;1-4(2,3)6-5;1-2;/h5H2,1-3H3;5H,1-3H3;1-2H3;1H. The molecule has 0 unspecified atom stereocenters. The molecule has 0 fully saturated rings. The van der Waals surface area contributed by atoms with Gasteiger partial charge in [-0.05, 0) is 41.5 Å². The van der Waals surface area contributed by atoms with Gasteiger partial charge in [0.15, 0.2) is 0 Å². The smallest absolute Gasteiger partial charge is 0.0949 e. The van der Waals surface area contributed by atoms with E-state index in [1.54, 1.807) is 20.8 Å². The monoisotopic (exact) mass is 195 g/mol. The van der Waals surface area contributed by atoms with Crippen LogP contribution in [0.25, 0.3) is 0 Å². The lowest BCUT2D eigenvalue weighted by molar-refractivity contribution is -0.306. The zero-order valence-electron chi connectivity index (χ0n) is 10.4. The highest BCUT2D eigenvalue weighted by Crippen LogP contribution is 2.01. The van der Waals surface area contributed by atoms with Crippen molar-refractivity contribution in [3.8, 4) is 0 Å².